The second-order valence-corrected chi connectivity index (χ2v) is 7.48. The number of carbonyl (C=O) groups excluding carboxylic acids is 2. The van der Waals surface area contributed by atoms with Gasteiger partial charge in [0, 0.05) is 18.5 Å². The van der Waals surface area contributed by atoms with Crippen LogP contribution in [0.4, 0.5) is 4.39 Å². The lowest BCUT2D eigenvalue weighted by Gasteiger charge is -2.33. The molecular weight excluding hydrogens is 335 g/mol. The SMILES string of the molecule is CC.CCNC(C)(C)COC(C)(C)CCC(=O)N1CC=CC1C(=O)CF. The second-order valence-electron chi connectivity index (χ2n) is 7.48. The topological polar surface area (TPSA) is 58.6 Å². The normalized spacial score (nSPS) is 17.1. The van der Waals surface area contributed by atoms with Crippen molar-refractivity contribution in [3.8, 4) is 0 Å². The predicted molar refractivity (Wildman–Crippen MR) is 104 cm³/mol. The summed E-state index contributed by atoms with van der Waals surface area (Å²) in [6.45, 7) is 14.8. The van der Waals surface area contributed by atoms with Crippen molar-refractivity contribution in [3.05, 3.63) is 12.2 Å². The number of likely N-dealkylation sites (N-methyl/N-ethyl adjacent to an activating group) is 1. The average Bonchev–Trinajstić information content (AvgIpc) is 3.09. The van der Waals surface area contributed by atoms with Crippen LogP contribution in [0.15, 0.2) is 12.2 Å². The van der Waals surface area contributed by atoms with Gasteiger partial charge in [0.25, 0.3) is 0 Å². The van der Waals surface area contributed by atoms with E-state index < -0.39 is 24.1 Å². The van der Waals surface area contributed by atoms with E-state index in [-0.39, 0.29) is 17.9 Å². The van der Waals surface area contributed by atoms with Crippen molar-refractivity contribution >= 4 is 11.7 Å². The Labute approximate surface area is 158 Å². The lowest BCUT2D eigenvalue weighted by molar-refractivity contribution is -0.138. The number of ether oxygens (including phenoxy) is 1. The molecule has 1 amide bonds. The maximum atomic E-state index is 12.6. The number of hydrogen-bond acceptors (Lipinski definition) is 4. The third kappa shape index (κ3) is 8.41. The molecule has 0 radical (unpaired) electrons. The Kier molecular flexibility index (Phi) is 10.9. The molecule has 6 heteroatoms. The van der Waals surface area contributed by atoms with Gasteiger partial charge in [0.1, 0.15) is 6.04 Å². The molecule has 26 heavy (non-hydrogen) atoms. The third-order valence-electron chi connectivity index (χ3n) is 4.16. The second kappa shape index (κ2) is 11.4. The van der Waals surface area contributed by atoms with Gasteiger partial charge >= 0.3 is 0 Å². The Balaban J connectivity index is 0.00000301. The number of alkyl halides is 1. The van der Waals surface area contributed by atoms with Gasteiger partial charge in [-0.2, -0.15) is 0 Å². The molecule has 0 bridgehead atoms. The molecule has 0 saturated heterocycles. The highest BCUT2D eigenvalue weighted by Gasteiger charge is 2.31. The van der Waals surface area contributed by atoms with Crippen LogP contribution in [0.5, 0.6) is 0 Å². The van der Waals surface area contributed by atoms with E-state index in [1.807, 2.05) is 34.6 Å². The standard InChI is InChI=1S/C18H31FN2O3.C2H6/c1-6-20-17(2,3)13-24-18(4,5)10-9-16(23)21-11-7-8-14(21)15(22)12-19;1-2/h7-8,14,20H,6,9-13H2,1-5H3;1-2H3. The molecule has 0 spiro atoms. The first kappa shape index (κ1) is 24.7. The highest BCUT2D eigenvalue weighted by atomic mass is 19.1. The number of nitrogens with zero attached hydrogens (tertiary/aromatic N) is 1. The van der Waals surface area contributed by atoms with Gasteiger partial charge in [-0.3, -0.25) is 9.59 Å². The molecule has 1 unspecified atom stereocenters. The van der Waals surface area contributed by atoms with Gasteiger partial charge in [0.2, 0.25) is 5.91 Å². The summed E-state index contributed by atoms with van der Waals surface area (Å²) >= 11 is 0. The summed E-state index contributed by atoms with van der Waals surface area (Å²) in [6, 6.07) is -0.751. The van der Waals surface area contributed by atoms with Gasteiger partial charge in [-0.25, -0.2) is 4.39 Å². The molecule has 0 fully saturated rings. The highest BCUT2D eigenvalue weighted by molar-refractivity contribution is 5.92. The Morgan fingerprint density at radius 1 is 1.27 bits per heavy atom. The summed E-state index contributed by atoms with van der Waals surface area (Å²) in [4.78, 5) is 25.4. The molecule has 1 atom stereocenters. The van der Waals surface area contributed by atoms with Crippen LogP contribution in [0.3, 0.4) is 0 Å². The largest absolute Gasteiger partial charge is 0.374 e. The van der Waals surface area contributed by atoms with Crippen molar-refractivity contribution in [2.45, 2.75) is 78.5 Å². The summed E-state index contributed by atoms with van der Waals surface area (Å²) in [5, 5.41) is 3.35. The van der Waals surface area contributed by atoms with Gasteiger partial charge in [0.15, 0.2) is 12.5 Å². The van der Waals surface area contributed by atoms with Crippen LogP contribution >= 0.6 is 0 Å². The van der Waals surface area contributed by atoms with Gasteiger partial charge in [-0.1, -0.05) is 32.9 Å². The third-order valence-corrected chi connectivity index (χ3v) is 4.16. The zero-order valence-electron chi connectivity index (χ0n) is 17.5. The summed E-state index contributed by atoms with van der Waals surface area (Å²) in [5.74, 6) is -0.714. The fourth-order valence-electron chi connectivity index (χ4n) is 2.67. The van der Waals surface area contributed by atoms with Gasteiger partial charge in [-0.05, 0) is 40.7 Å². The van der Waals surface area contributed by atoms with E-state index in [1.54, 1.807) is 12.2 Å². The number of nitrogens with one attached hydrogen (secondary N) is 1. The van der Waals surface area contributed by atoms with E-state index in [4.69, 9.17) is 4.74 Å². The molecule has 1 aliphatic heterocycles. The van der Waals surface area contributed by atoms with Crippen molar-refractivity contribution < 1.29 is 18.7 Å². The molecule has 0 aliphatic carbocycles. The Morgan fingerprint density at radius 2 is 1.88 bits per heavy atom. The van der Waals surface area contributed by atoms with E-state index in [1.165, 1.54) is 4.90 Å². The van der Waals surface area contributed by atoms with Crippen LogP contribution in [-0.2, 0) is 14.3 Å². The summed E-state index contributed by atoms with van der Waals surface area (Å²) < 4.78 is 18.6. The summed E-state index contributed by atoms with van der Waals surface area (Å²) in [7, 11) is 0. The quantitative estimate of drug-likeness (QED) is 0.598. The van der Waals surface area contributed by atoms with Crippen molar-refractivity contribution in [2.75, 3.05) is 26.4 Å². The predicted octanol–water partition coefficient (Wildman–Crippen LogP) is 3.28. The summed E-state index contributed by atoms with van der Waals surface area (Å²) in [5.41, 5.74) is -0.581. The Morgan fingerprint density at radius 3 is 2.42 bits per heavy atom. The van der Waals surface area contributed by atoms with Gasteiger partial charge < -0.3 is 15.0 Å². The first-order chi connectivity index (χ1) is 12.1. The zero-order valence-corrected chi connectivity index (χ0v) is 17.5. The summed E-state index contributed by atoms with van der Waals surface area (Å²) in [6.07, 6.45) is 4.14. The number of halogens is 1. The zero-order chi connectivity index (χ0) is 20.4. The molecule has 152 valence electrons. The number of rotatable bonds is 10. The van der Waals surface area contributed by atoms with Crippen molar-refractivity contribution in [2.24, 2.45) is 0 Å². The molecule has 1 heterocycles. The number of carbonyl (C=O) groups is 2. The Hall–Kier alpha value is -1.27. The fraction of sp³-hybridized carbons (Fsp3) is 0.800. The lowest BCUT2D eigenvalue weighted by atomic mass is 10.0. The van der Waals surface area contributed by atoms with Crippen molar-refractivity contribution in [1.82, 2.24) is 10.2 Å². The number of ketones is 1. The lowest BCUT2D eigenvalue weighted by Crippen LogP contribution is -2.46. The molecular formula is C20H37FN2O3. The molecule has 0 aromatic heterocycles. The molecule has 0 aromatic carbocycles. The highest BCUT2D eigenvalue weighted by Crippen LogP contribution is 2.21. The minimum absolute atomic E-state index is 0.131. The minimum Gasteiger partial charge on any atom is -0.374 e. The monoisotopic (exact) mass is 372 g/mol. The molecule has 1 rings (SSSR count). The smallest absolute Gasteiger partial charge is 0.223 e. The van der Waals surface area contributed by atoms with E-state index in [0.717, 1.165) is 6.54 Å². The Bertz CT molecular complexity index is 476. The van der Waals surface area contributed by atoms with Crippen molar-refractivity contribution in [1.29, 1.82) is 0 Å². The number of amides is 1. The molecule has 1 N–H and O–H groups in total. The first-order valence-electron chi connectivity index (χ1n) is 9.55. The number of Topliss-reactive ketones (excluding diaryl/α,β-unsaturated/α-hetero) is 1. The van der Waals surface area contributed by atoms with E-state index in [2.05, 4.69) is 19.2 Å². The van der Waals surface area contributed by atoms with E-state index in [0.29, 0.717) is 19.6 Å². The molecule has 0 aromatic rings. The van der Waals surface area contributed by atoms with Crippen LogP contribution in [0, 0.1) is 0 Å². The maximum absolute atomic E-state index is 12.6. The van der Waals surface area contributed by atoms with Crippen LogP contribution in [-0.4, -0.2) is 60.1 Å². The van der Waals surface area contributed by atoms with Gasteiger partial charge in [0.05, 0.1) is 12.2 Å². The maximum Gasteiger partial charge on any atom is 0.223 e. The van der Waals surface area contributed by atoms with Crippen LogP contribution in [0.1, 0.15) is 61.3 Å². The molecule has 5 nitrogen and oxygen atoms in total. The molecule has 0 saturated carbocycles. The fourth-order valence-corrected chi connectivity index (χ4v) is 2.67. The van der Waals surface area contributed by atoms with Crippen molar-refractivity contribution in [3.63, 3.8) is 0 Å². The van der Waals surface area contributed by atoms with Crippen LogP contribution in [0.25, 0.3) is 0 Å². The number of hydrogen-bond donors (Lipinski definition) is 1. The first-order valence-corrected chi connectivity index (χ1v) is 9.55. The van der Waals surface area contributed by atoms with Crippen LogP contribution in [0.2, 0.25) is 0 Å². The van der Waals surface area contributed by atoms with E-state index >= 15 is 0 Å². The average molecular weight is 373 g/mol. The molecule has 1 aliphatic rings. The van der Waals surface area contributed by atoms with Gasteiger partial charge in [-0.15, -0.1) is 0 Å². The van der Waals surface area contributed by atoms with Crippen LogP contribution < -0.4 is 5.32 Å². The minimum atomic E-state index is -1.05. The van der Waals surface area contributed by atoms with E-state index in [9.17, 15) is 14.0 Å².